The minimum Gasteiger partial charge on any atom is -0.298 e. The minimum atomic E-state index is -0.294. The fraction of sp³-hybridized carbons (Fsp3) is 0.300. The Kier molecular flexibility index (Phi) is 1.68. The predicted molar refractivity (Wildman–Crippen MR) is 43.8 cm³/mol. The molecule has 0 atom stereocenters. The first kappa shape index (κ1) is 7.47. The second-order valence-corrected chi connectivity index (χ2v) is 3.10. The van der Waals surface area contributed by atoms with Crippen LogP contribution in [0, 0.1) is 5.82 Å². The van der Waals surface area contributed by atoms with Crippen molar-refractivity contribution in [3.8, 4) is 0 Å². The lowest BCUT2D eigenvalue weighted by atomic mass is 10.0. The van der Waals surface area contributed by atoms with Crippen molar-refractivity contribution < 1.29 is 9.18 Å². The highest BCUT2D eigenvalue weighted by Crippen LogP contribution is 2.25. The predicted octanol–water partition coefficient (Wildman–Crippen LogP) is 2.13. The summed E-state index contributed by atoms with van der Waals surface area (Å²) in [5, 5.41) is 0. The summed E-state index contributed by atoms with van der Waals surface area (Å²) in [6.07, 6.45) is 3.62. The number of hydrogen-bond acceptors (Lipinski definition) is 1. The van der Waals surface area contributed by atoms with Gasteiger partial charge in [0.1, 0.15) is 12.1 Å². The molecule has 0 bridgehead atoms. The van der Waals surface area contributed by atoms with Gasteiger partial charge >= 0.3 is 0 Å². The number of halogens is 1. The van der Waals surface area contributed by atoms with E-state index in [1.165, 1.54) is 12.1 Å². The molecule has 1 aliphatic carbocycles. The Morgan fingerprint density at radius 2 is 2.17 bits per heavy atom. The van der Waals surface area contributed by atoms with E-state index < -0.39 is 0 Å². The van der Waals surface area contributed by atoms with Crippen molar-refractivity contribution in [2.75, 3.05) is 0 Å². The van der Waals surface area contributed by atoms with Crippen molar-refractivity contribution in [2.24, 2.45) is 0 Å². The summed E-state index contributed by atoms with van der Waals surface area (Å²) in [4.78, 5) is 10.6. The molecular weight excluding hydrogens is 155 g/mol. The molecular formula is C10H9FO. The molecule has 0 aromatic heterocycles. The summed E-state index contributed by atoms with van der Waals surface area (Å²) in [7, 11) is 0. The average molecular weight is 164 g/mol. The Hall–Kier alpha value is -1.18. The second kappa shape index (κ2) is 2.70. The Labute approximate surface area is 70.2 Å². The maximum atomic E-state index is 12.9. The summed E-state index contributed by atoms with van der Waals surface area (Å²) < 4.78 is 12.9. The Balaban J connectivity index is 2.62. The summed E-state index contributed by atoms with van der Waals surface area (Å²) in [6, 6.07) is 2.85. The molecule has 0 saturated carbocycles. The SMILES string of the molecule is O=Cc1cc(F)cc2c1CCC2. The van der Waals surface area contributed by atoms with Gasteiger partial charge in [0.05, 0.1) is 0 Å². The van der Waals surface area contributed by atoms with Crippen molar-refractivity contribution in [3.05, 3.63) is 34.6 Å². The van der Waals surface area contributed by atoms with Crippen LogP contribution in [0.25, 0.3) is 0 Å². The number of hydrogen-bond donors (Lipinski definition) is 0. The van der Waals surface area contributed by atoms with Crippen LogP contribution >= 0.6 is 0 Å². The number of benzene rings is 1. The zero-order valence-electron chi connectivity index (χ0n) is 6.64. The molecule has 0 aliphatic heterocycles. The van der Waals surface area contributed by atoms with Crippen LogP contribution in [0.1, 0.15) is 27.9 Å². The van der Waals surface area contributed by atoms with Crippen molar-refractivity contribution in [2.45, 2.75) is 19.3 Å². The number of fused-ring (bicyclic) bond motifs is 1. The van der Waals surface area contributed by atoms with Gasteiger partial charge in [0.25, 0.3) is 0 Å². The van der Waals surface area contributed by atoms with Gasteiger partial charge < -0.3 is 0 Å². The molecule has 0 N–H and O–H groups in total. The van der Waals surface area contributed by atoms with Crippen molar-refractivity contribution in [3.63, 3.8) is 0 Å². The van der Waals surface area contributed by atoms with Crippen LogP contribution < -0.4 is 0 Å². The third-order valence-electron chi connectivity index (χ3n) is 2.34. The molecule has 2 rings (SSSR count). The summed E-state index contributed by atoms with van der Waals surface area (Å²) in [6.45, 7) is 0. The highest BCUT2D eigenvalue weighted by Gasteiger charge is 2.15. The molecule has 0 fully saturated rings. The van der Waals surface area contributed by atoms with Crippen LogP contribution in [0.2, 0.25) is 0 Å². The largest absolute Gasteiger partial charge is 0.298 e. The first-order valence-electron chi connectivity index (χ1n) is 4.08. The molecule has 0 spiro atoms. The van der Waals surface area contributed by atoms with Gasteiger partial charge in [0, 0.05) is 5.56 Å². The molecule has 2 heteroatoms. The van der Waals surface area contributed by atoms with E-state index in [2.05, 4.69) is 0 Å². The zero-order chi connectivity index (χ0) is 8.55. The maximum absolute atomic E-state index is 12.9. The van der Waals surface area contributed by atoms with E-state index in [1.807, 2.05) is 0 Å². The van der Waals surface area contributed by atoms with Crippen molar-refractivity contribution >= 4 is 6.29 Å². The molecule has 12 heavy (non-hydrogen) atoms. The van der Waals surface area contributed by atoms with Gasteiger partial charge in [-0.05, 0) is 42.5 Å². The lowest BCUT2D eigenvalue weighted by Gasteiger charge is -2.01. The summed E-state index contributed by atoms with van der Waals surface area (Å²) >= 11 is 0. The lowest BCUT2D eigenvalue weighted by molar-refractivity contribution is 0.112. The van der Waals surface area contributed by atoms with Gasteiger partial charge in [0.2, 0.25) is 0 Å². The van der Waals surface area contributed by atoms with E-state index >= 15 is 0 Å². The van der Waals surface area contributed by atoms with Crippen LogP contribution in [0.4, 0.5) is 4.39 Å². The molecule has 1 nitrogen and oxygen atoms in total. The molecule has 1 aromatic rings. The van der Waals surface area contributed by atoms with E-state index in [0.717, 1.165) is 36.7 Å². The molecule has 0 heterocycles. The minimum absolute atomic E-state index is 0.294. The molecule has 1 aliphatic rings. The standard InChI is InChI=1S/C10H9FO/c11-9-4-7-2-1-3-10(7)8(5-9)6-12/h4-6H,1-3H2. The molecule has 62 valence electrons. The van der Waals surface area contributed by atoms with Crippen molar-refractivity contribution in [1.82, 2.24) is 0 Å². The number of aryl methyl sites for hydroxylation is 1. The summed E-state index contributed by atoms with van der Waals surface area (Å²) in [5.74, 6) is -0.294. The fourth-order valence-electron chi connectivity index (χ4n) is 1.81. The van der Waals surface area contributed by atoms with Crippen molar-refractivity contribution in [1.29, 1.82) is 0 Å². The monoisotopic (exact) mass is 164 g/mol. The number of carbonyl (C=O) groups is 1. The zero-order valence-corrected chi connectivity index (χ0v) is 6.64. The first-order chi connectivity index (χ1) is 5.81. The first-order valence-corrected chi connectivity index (χ1v) is 4.08. The van der Waals surface area contributed by atoms with E-state index in [4.69, 9.17) is 0 Å². The molecule has 0 amide bonds. The van der Waals surface area contributed by atoms with Crippen LogP contribution in [-0.2, 0) is 12.8 Å². The van der Waals surface area contributed by atoms with E-state index in [-0.39, 0.29) is 5.82 Å². The molecule has 0 saturated heterocycles. The smallest absolute Gasteiger partial charge is 0.150 e. The fourth-order valence-corrected chi connectivity index (χ4v) is 1.81. The Bertz CT molecular complexity index is 331. The normalized spacial score (nSPS) is 14.4. The highest BCUT2D eigenvalue weighted by atomic mass is 19.1. The van der Waals surface area contributed by atoms with E-state index in [0.29, 0.717) is 5.56 Å². The van der Waals surface area contributed by atoms with Gasteiger partial charge in [-0.3, -0.25) is 4.79 Å². The van der Waals surface area contributed by atoms with Crippen LogP contribution in [0.15, 0.2) is 12.1 Å². The lowest BCUT2D eigenvalue weighted by Crippen LogP contribution is -1.93. The summed E-state index contributed by atoms with van der Waals surface area (Å²) in [5.41, 5.74) is 2.59. The van der Waals surface area contributed by atoms with Crippen LogP contribution in [0.3, 0.4) is 0 Å². The Morgan fingerprint density at radius 1 is 1.33 bits per heavy atom. The van der Waals surface area contributed by atoms with Crippen LogP contribution in [-0.4, -0.2) is 6.29 Å². The van der Waals surface area contributed by atoms with Gasteiger partial charge in [-0.2, -0.15) is 0 Å². The van der Waals surface area contributed by atoms with Crippen LogP contribution in [0.5, 0.6) is 0 Å². The molecule has 0 radical (unpaired) electrons. The third-order valence-corrected chi connectivity index (χ3v) is 2.34. The maximum Gasteiger partial charge on any atom is 0.150 e. The third kappa shape index (κ3) is 1.04. The topological polar surface area (TPSA) is 17.1 Å². The Morgan fingerprint density at radius 3 is 2.92 bits per heavy atom. The van der Waals surface area contributed by atoms with E-state index in [1.54, 1.807) is 0 Å². The molecule has 1 aromatic carbocycles. The molecule has 0 unspecified atom stereocenters. The van der Waals surface area contributed by atoms with Gasteiger partial charge in [0.15, 0.2) is 0 Å². The number of carbonyl (C=O) groups excluding carboxylic acids is 1. The highest BCUT2D eigenvalue weighted by molar-refractivity contribution is 5.78. The van der Waals surface area contributed by atoms with Gasteiger partial charge in [-0.15, -0.1) is 0 Å². The average Bonchev–Trinajstić information content (AvgIpc) is 2.50. The number of rotatable bonds is 1. The number of aldehydes is 1. The van der Waals surface area contributed by atoms with E-state index in [9.17, 15) is 9.18 Å². The second-order valence-electron chi connectivity index (χ2n) is 3.10. The quantitative estimate of drug-likeness (QED) is 0.581. The van der Waals surface area contributed by atoms with Gasteiger partial charge in [-0.1, -0.05) is 0 Å². The van der Waals surface area contributed by atoms with Gasteiger partial charge in [-0.25, -0.2) is 4.39 Å².